The van der Waals surface area contributed by atoms with E-state index < -0.39 is 42.4 Å². The Balaban J connectivity index is 1.93. The number of halogens is 1. The van der Waals surface area contributed by atoms with Crippen LogP contribution in [0.25, 0.3) is 0 Å². The lowest BCUT2D eigenvalue weighted by atomic mass is 10.0. The number of nitro groups is 1. The van der Waals surface area contributed by atoms with E-state index in [0.29, 0.717) is 16.7 Å². The van der Waals surface area contributed by atoms with Crippen LogP contribution < -0.4 is 0 Å². The van der Waals surface area contributed by atoms with Crippen molar-refractivity contribution >= 4 is 19.4 Å². The first-order valence-corrected chi connectivity index (χ1v) is 11.9. The molecule has 1 atom stereocenters. The third kappa shape index (κ3) is 7.32. The summed E-state index contributed by atoms with van der Waals surface area (Å²) in [6, 6.07) is 13.7. The van der Waals surface area contributed by atoms with E-state index in [9.17, 15) is 29.0 Å². The van der Waals surface area contributed by atoms with Crippen molar-refractivity contribution in [2.45, 2.75) is 31.7 Å². The van der Waals surface area contributed by atoms with E-state index >= 15 is 0 Å². The predicted molar refractivity (Wildman–Crippen MR) is 118 cm³/mol. The number of nitrogens with zero attached hydrogens (tertiary/aromatic N) is 2. The topological polar surface area (TPSA) is 154 Å². The van der Waals surface area contributed by atoms with Gasteiger partial charge in [0.2, 0.25) is 0 Å². The van der Waals surface area contributed by atoms with E-state index in [2.05, 4.69) is 0 Å². The Morgan fingerprint density at radius 1 is 1.03 bits per heavy atom. The predicted octanol–water partition coefficient (Wildman–Crippen LogP) is 4.22. The van der Waals surface area contributed by atoms with Crippen LogP contribution in [0.5, 0.6) is 0 Å². The maximum Gasteiger partial charge on any atom is 0.433 e. The second kappa shape index (κ2) is 10.7. The van der Waals surface area contributed by atoms with Crippen LogP contribution in [-0.2, 0) is 28.6 Å². The number of furan rings is 1. The summed E-state index contributed by atoms with van der Waals surface area (Å²) >= 11 is 0. The van der Waals surface area contributed by atoms with Gasteiger partial charge in [0.25, 0.3) is 0 Å². The Labute approximate surface area is 193 Å². The normalized spacial score (nSPS) is 12.6. The first-order chi connectivity index (χ1) is 16.0. The van der Waals surface area contributed by atoms with E-state index in [1.54, 1.807) is 29.2 Å². The van der Waals surface area contributed by atoms with Crippen molar-refractivity contribution in [1.82, 2.24) is 4.90 Å². The van der Waals surface area contributed by atoms with Crippen LogP contribution in [0.3, 0.4) is 0 Å². The highest BCUT2D eigenvalue weighted by molar-refractivity contribution is 7.50. The van der Waals surface area contributed by atoms with Crippen molar-refractivity contribution in [2.75, 3.05) is 0 Å². The van der Waals surface area contributed by atoms with Gasteiger partial charge in [-0.3, -0.25) is 24.4 Å². The van der Waals surface area contributed by atoms with Gasteiger partial charge in [-0.15, -0.1) is 0 Å². The summed E-state index contributed by atoms with van der Waals surface area (Å²) in [4.78, 5) is 42.0. The van der Waals surface area contributed by atoms with Crippen molar-refractivity contribution in [3.05, 3.63) is 99.0 Å². The van der Waals surface area contributed by atoms with Gasteiger partial charge in [0.15, 0.2) is 0 Å². The number of hydrogen-bond acceptors (Lipinski definition) is 6. The minimum absolute atomic E-state index is 0.0212. The van der Waals surface area contributed by atoms with Crippen LogP contribution in [-0.4, -0.2) is 30.7 Å². The van der Waals surface area contributed by atoms with Crippen molar-refractivity contribution < 1.29 is 38.0 Å². The van der Waals surface area contributed by atoms with Crippen LogP contribution in [0.15, 0.2) is 65.1 Å². The zero-order valence-electron chi connectivity index (χ0n) is 17.8. The molecule has 1 aromatic heterocycles. The van der Waals surface area contributed by atoms with Gasteiger partial charge >= 0.3 is 19.4 Å². The van der Waals surface area contributed by atoms with Crippen molar-refractivity contribution in [1.29, 1.82) is 0 Å². The molecular weight excluding hydrogens is 470 g/mol. The third-order valence-corrected chi connectivity index (χ3v) is 5.82. The summed E-state index contributed by atoms with van der Waals surface area (Å²) in [6.07, 6.45) is -0.741. The summed E-state index contributed by atoms with van der Waals surface area (Å²) < 4.78 is 30.0. The lowest BCUT2D eigenvalue weighted by Gasteiger charge is -2.30. The number of carboxylic acid groups (broad SMARTS) is 1. The van der Waals surface area contributed by atoms with Gasteiger partial charge < -0.3 is 19.3 Å². The van der Waals surface area contributed by atoms with E-state index in [0.717, 1.165) is 0 Å². The SMILES string of the molecule is O=C(O)CC(c1ccc(F)cc1)N(Cc1ccc(CP(=O)(O)O)cc1)Cc1ccc([N+](=O)[O-])o1. The second-order valence-corrected chi connectivity index (χ2v) is 9.35. The van der Waals surface area contributed by atoms with Crippen molar-refractivity contribution in [3.63, 3.8) is 0 Å². The Morgan fingerprint density at radius 3 is 2.18 bits per heavy atom. The minimum atomic E-state index is -4.23. The maximum atomic E-state index is 13.5. The molecular formula is C22H22FN2O8P. The molecule has 10 nitrogen and oxygen atoms in total. The molecule has 0 amide bonds. The van der Waals surface area contributed by atoms with Crippen LogP contribution in [0.2, 0.25) is 0 Å². The molecule has 3 N–H and O–H groups in total. The number of rotatable bonds is 11. The van der Waals surface area contributed by atoms with Gasteiger partial charge in [0.1, 0.15) is 16.5 Å². The minimum Gasteiger partial charge on any atom is -0.481 e. The molecule has 3 aromatic rings. The molecule has 0 bridgehead atoms. The van der Waals surface area contributed by atoms with Gasteiger partial charge in [0, 0.05) is 12.6 Å². The Bertz CT molecular complexity index is 1190. The molecule has 3 rings (SSSR count). The fraction of sp³-hybridized carbons (Fsp3) is 0.227. The number of carbonyl (C=O) groups is 1. The van der Waals surface area contributed by atoms with Crippen molar-refractivity contribution in [2.24, 2.45) is 0 Å². The summed E-state index contributed by atoms with van der Waals surface area (Å²) in [7, 11) is -4.23. The summed E-state index contributed by atoms with van der Waals surface area (Å²) in [6.45, 7) is 0.202. The second-order valence-electron chi connectivity index (χ2n) is 7.71. The third-order valence-electron chi connectivity index (χ3n) is 5.05. The highest BCUT2D eigenvalue weighted by Gasteiger charge is 2.26. The standard InChI is InChI=1S/C22H22FN2O8P/c23-18-7-5-17(6-8-18)20(11-22(26)27)24(13-19-9-10-21(33-19)25(28)29)12-15-1-3-16(4-2-15)14-34(30,31)32/h1-10,20H,11-14H2,(H,26,27)(H2,30,31,32). The maximum absolute atomic E-state index is 13.5. The smallest absolute Gasteiger partial charge is 0.433 e. The van der Waals surface area contributed by atoms with Gasteiger partial charge in [-0.1, -0.05) is 36.4 Å². The molecule has 180 valence electrons. The molecule has 12 heteroatoms. The molecule has 0 aliphatic heterocycles. The fourth-order valence-electron chi connectivity index (χ4n) is 3.56. The van der Waals surface area contributed by atoms with Gasteiger partial charge in [0.05, 0.1) is 25.2 Å². The average Bonchev–Trinajstić information content (AvgIpc) is 3.21. The molecule has 0 fully saturated rings. The van der Waals surface area contributed by atoms with Gasteiger partial charge in [-0.2, -0.15) is 0 Å². The number of aliphatic carboxylic acids is 1. The molecule has 0 aliphatic rings. The molecule has 1 heterocycles. The van der Waals surface area contributed by atoms with Crippen LogP contribution in [0, 0.1) is 15.9 Å². The van der Waals surface area contributed by atoms with E-state index in [1.807, 2.05) is 0 Å². The van der Waals surface area contributed by atoms with Crippen LogP contribution >= 0.6 is 7.60 Å². The highest BCUT2D eigenvalue weighted by Crippen LogP contribution is 2.39. The summed E-state index contributed by atoms with van der Waals surface area (Å²) in [5.41, 5.74) is 1.67. The Kier molecular flexibility index (Phi) is 7.95. The molecule has 0 radical (unpaired) electrons. The van der Waals surface area contributed by atoms with Gasteiger partial charge in [-0.05, 0) is 34.9 Å². The monoisotopic (exact) mass is 492 g/mol. The van der Waals surface area contributed by atoms with Crippen molar-refractivity contribution in [3.8, 4) is 0 Å². The van der Waals surface area contributed by atoms with Crippen LogP contribution in [0.1, 0.15) is 34.9 Å². The largest absolute Gasteiger partial charge is 0.481 e. The van der Waals surface area contributed by atoms with Crippen LogP contribution in [0.4, 0.5) is 10.3 Å². The summed E-state index contributed by atoms with van der Waals surface area (Å²) in [5.74, 6) is -1.79. The molecule has 0 spiro atoms. The lowest BCUT2D eigenvalue weighted by Crippen LogP contribution is -2.30. The highest BCUT2D eigenvalue weighted by atomic mass is 31.2. The Hall–Kier alpha value is -3.37. The molecule has 0 aliphatic carbocycles. The van der Waals surface area contributed by atoms with E-state index in [1.165, 1.54) is 36.4 Å². The zero-order valence-corrected chi connectivity index (χ0v) is 18.7. The molecule has 2 aromatic carbocycles. The first-order valence-electron chi connectivity index (χ1n) is 10.1. The number of benzene rings is 2. The molecule has 0 saturated carbocycles. The lowest BCUT2D eigenvalue weighted by molar-refractivity contribution is -0.402. The van der Waals surface area contributed by atoms with E-state index in [4.69, 9.17) is 14.2 Å². The number of carboxylic acids is 1. The average molecular weight is 492 g/mol. The molecule has 34 heavy (non-hydrogen) atoms. The quantitative estimate of drug-likeness (QED) is 0.203. The van der Waals surface area contributed by atoms with E-state index in [-0.39, 0.29) is 25.3 Å². The molecule has 0 saturated heterocycles. The first kappa shape index (κ1) is 25.3. The van der Waals surface area contributed by atoms with Gasteiger partial charge in [-0.25, -0.2) is 4.39 Å². The zero-order chi connectivity index (χ0) is 24.9. The summed E-state index contributed by atoms with van der Waals surface area (Å²) in [5, 5.41) is 20.5. The fourth-order valence-corrected chi connectivity index (χ4v) is 4.24. The Morgan fingerprint density at radius 2 is 1.65 bits per heavy atom. The number of hydrogen-bond donors (Lipinski definition) is 3. The molecule has 1 unspecified atom stereocenters.